The Labute approximate surface area is 107 Å². The molecule has 1 heterocycles. The molecule has 0 aromatic rings. The number of hydrogen-bond donors (Lipinski definition) is 1. The summed E-state index contributed by atoms with van der Waals surface area (Å²) in [6.45, 7) is 17.5. The zero-order chi connectivity index (χ0) is 13.1. The number of nitrogens with zero attached hydrogens (tertiary/aromatic N) is 1. The van der Waals surface area contributed by atoms with Gasteiger partial charge in [0.1, 0.15) is 0 Å². The van der Waals surface area contributed by atoms with Crippen LogP contribution in [0.2, 0.25) is 0 Å². The lowest BCUT2D eigenvalue weighted by molar-refractivity contribution is -0.0725. The van der Waals surface area contributed by atoms with E-state index in [4.69, 9.17) is 4.74 Å². The van der Waals surface area contributed by atoms with E-state index in [1.54, 1.807) is 0 Å². The van der Waals surface area contributed by atoms with Gasteiger partial charge in [0, 0.05) is 25.2 Å². The number of likely N-dealkylation sites (N-methyl/N-ethyl adjacent to an activating group) is 1. The molecule has 0 aromatic carbocycles. The van der Waals surface area contributed by atoms with Crippen LogP contribution in [0.3, 0.4) is 0 Å². The van der Waals surface area contributed by atoms with Crippen molar-refractivity contribution in [2.24, 2.45) is 5.41 Å². The molecular formula is C14H30N2O. The molecule has 2 unspecified atom stereocenters. The lowest BCUT2D eigenvalue weighted by Crippen LogP contribution is -2.57. The predicted molar refractivity (Wildman–Crippen MR) is 73.4 cm³/mol. The van der Waals surface area contributed by atoms with Crippen LogP contribution in [0.15, 0.2) is 0 Å². The van der Waals surface area contributed by atoms with Gasteiger partial charge < -0.3 is 10.1 Å². The molecule has 1 saturated heterocycles. The van der Waals surface area contributed by atoms with E-state index in [0.29, 0.717) is 18.2 Å². The van der Waals surface area contributed by atoms with E-state index in [9.17, 15) is 0 Å². The Morgan fingerprint density at radius 1 is 1.35 bits per heavy atom. The van der Waals surface area contributed by atoms with Gasteiger partial charge in [-0.1, -0.05) is 27.7 Å². The summed E-state index contributed by atoms with van der Waals surface area (Å²) < 4.78 is 6.00. The molecule has 1 N–H and O–H groups in total. The van der Waals surface area contributed by atoms with Gasteiger partial charge in [0.15, 0.2) is 0 Å². The molecule has 1 rings (SSSR count). The average Bonchev–Trinajstić information content (AvgIpc) is 2.24. The summed E-state index contributed by atoms with van der Waals surface area (Å²) in [5.41, 5.74) is 0.237. The lowest BCUT2D eigenvalue weighted by Gasteiger charge is -2.43. The molecule has 0 saturated carbocycles. The third kappa shape index (κ3) is 4.23. The Bertz CT molecular complexity index is 223. The normalized spacial score (nSPS) is 25.2. The molecule has 1 aliphatic rings. The summed E-state index contributed by atoms with van der Waals surface area (Å²) in [6.07, 6.45) is 0.311. The van der Waals surface area contributed by atoms with Crippen LogP contribution in [0, 0.1) is 5.41 Å². The highest BCUT2D eigenvalue weighted by Gasteiger charge is 2.35. The fourth-order valence-electron chi connectivity index (χ4n) is 2.58. The zero-order valence-corrected chi connectivity index (χ0v) is 12.4. The Balaban J connectivity index is 2.67. The molecule has 0 radical (unpaired) electrons. The fourth-order valence-corrected chi connectivity index (χ4v) is 2.58. The number of ether oxygens (including phenoxy) is 1. The highest BCUT2D eigenvalue weighted by Crippen LogP contribution is 2.25. The molecule has 3 nitrogen and oxygen atoms in total. The van der Waals surface area contributed by atoms with Crippen LogP contribution in [0.1, 0.15) is 41.5 Å². The number of hydrogen-bond acceptors (Lipinski definition) is 3. The maximum Gasteiger partial charge on any atom is 0.0860 e. The second-order valence-electron chi connectivity index (χ2n) is 6.40. The summed E-state index contributed by atoms with van der Waals surface area (Å²) in [4.78, 5) is 2.52. The first-order valence-corrected chi connectivity index (χ1v) is 6.95. The van der Waals surface area contributed by atoms with Crippen LogP contribution >= 0.6 is 0 Å². The van der Waals surface area contributed by atoms with E-state index in [1.807, 2.05) is 0 Å². The van der Waals surface area contributed by atoms with Crippen LogP contribution in [0.5, 0.6) is 0 Å². The van der Waals surface area contributed by atoms with Crippen molar-refractivity contribution in [1.29, 1.82) is 0 Å². The van der Waals surface area contributed by atoms with Crippen molar-refractivity contribution >= 4 is 0 Å². The zero-order valence-electron chi connectivity index (χ0n) is 12.4. The summed E-state index contributed by atoms with van der Waals surface area (Å²) in [7, 11) is 0. The van der Waals surface area contributed by atoms with E-state index >= 15 is 0 Å². The molecule has 2 atom stereocenters. The van der Waals surface area contributed by atoms with Crippen LogP contribution in [0.4, 0.5) is 0 Å². The molecule has 3 heteroatoms. The Morgan fingerprint density at radius 3 is 2.47 bits per heavy atom. The molecule has 102 valence electrons. The van der Waals surface area contributed by atoms with Gasteiger partial charge in [-0.3, -0.25) is 4.90 Å². The van der Waals surface area contributed by atoms with Gasteiger partial charge in [-0.15, -0.1) is 0 Å². The molecule has 17 heavy (non-hydrogen) atoms. The van der Waals surface area contributed by atoms with E-state index in [2.05, 4.69) is 51.8 Å². The fraction of sp³-hybridized carbons (Fsp3) is 1.00. The molecule has 0 aromatic heterocycles. The smallest absolute Gasteiger partial charge is 0.0860 e. The maximum atomic E-state index is 6.00. The van der Waals surface area contributed by atoms with Crippen LogP contribution < -0.4 is 5.32 Å². The van der Waals surface area contributed by atoms with E-state index < -0.39 is 0 Å². The largest absolute Gasteiger partial charge is 0.374 e. The predicted octanol–water partition coefficient (Wildman–Crippen LogP) is 2.12. The van der Waals surface area contributed by atoms with Gasteiger partial charge in [-0.2, -0.15) is 0 Å². The first kappa shape index (κ1) is 14.9. The van der Waals surface area contributed by atoms with Gasteiger partial charge in [0.2, 0.25) is 0 Å². The Kier molecular flexibility index (Phi) is 5.42. The van der Waals surface area contributed by atoms with Gasteiger partial charge in [0.25, 0.3) is 0 Å². The molecule has 0 aliphatic carbocycles. The van der Waals surface area contributed by atoms with Gasteiger partial charge in [0.05, 0.1) is 12.7 Å². The standard InChI is InChI=1S/C14H30N2O/c1-7-15-13(14(4,5)6)12-10-16(11(2)3)8-9-17-12/h11-13,15H,7-10H2,1-6H3. The SMILES string of the molecule is CCNC(C1CN(C(C)C)CCO1)C(C)(C)C. The van der Waals surface area contributed by atoms with E-state index in [1.165, 1.54) is 0 Å². The Morgan fingerprint density at radius 2 is 2.00 bits per heavy atom. The monoisotopic (exact) mass is 242 g/mol. The third-order valence-corrected chi connectivity index (χ3v) is 3.58. The summed E-state index contributed by atoms with van der Waals surface area (Å²) in [5, 5.41) is 3.60. The van der Waals surface area contributed by atoms with Crippen molar-refractivity contribution in [3.63, 3.8) is 0 Å². The van der Waals surface area contributed by atoms with Crippen molar-refractivity contribution in [2.45, 2.75) is 59.7 Å². The molecule has 1 aliphatic heterocycles. The quantitative estimate of drug-likeness (QED) is 0.817. The number of rotatable bonds is 4. The second-order valence-corrected chi connectivity index (χ2v) is 6.40. The van der Waals surface area contributed by atoms with Crippen LogP contribution in [0.25, 0.3) is 0 Å². The Hall–Kier alpha value is -0.120. The molecule has 0 bridgehead atoms. The van der Waals surface area contributed by atoms with Crippen molar-refractivity contribution < 1.29 is 4.74 Å². The maximum absolute atomic E-state index is 6.00. The van der Waals surface area contributed by atoms with Gasteiger partial charge in [-0.25, -0.2) is 0 Å². The molecular weight excluding hydrogens is 212 g/mol. The van der Waals surface area contributed by atoms with Crippen molar-refractivity contribution in [3.05, 3.63) is 0 Å². The van der Waals surface area contributed by atoms with Gasteiger partial charge in [-0.05, 0) is 25.8 Å². The summed E-state index contributed by atoms with van der Waals surface area (Å²) in [6, 6.07) is 1.04. The number of morpholine rings is 1. The first-order chi connectivity index (χ1) is 7.86. The highest BCUT2D eigenvalue weighted by atomic mass is 16.5. The molecule has 1 fully saturated rings. The van der Waals surface area contributed by atoms with E-state index in [-0.39, 0.29) is 5.41 Å². The van der Waals surface area contributed by atoms with E-state index in [0.717, 1.165) is 26.2 Å². The minimum absolute atomic E-state index is 0.237. The summed E-state index contributed by atoms with van der Waals surface area (Å²) in [5.74, 6) is 0. The lowest BCUT2D eigenvalue weighted by atomic mass is 9.82. The first-order valence-electron chi connectivity index (χ1n) is 6.95. The second kappa shape index (κ2) is 6.17. The van der Waals surface area contributed by atoms with Crippen LogP contribution in [-0.2, 0) is 4.74 Å². The highest BCUT2D eigenvalue weighted by molar-refractivity contribution is 4.91. The summed E-state index contributed by atoms with van der Waals surface area (Å²) >= 11 is 0. The van der Waals surface area contributed by atoms with Crippen molar-refractivity contribution in [1.82, 2.24) is 10.2 Å². The molecule has 0 amide bonds. The number of nitrogens with one attached hydrogen (secondary N) is 1. The molecule has 0 spiro atoms. The topological polar surface area (TPSA) is 24.5 Å². The van der Waals surface area contributed by atoms with Crippen molar-refractivity contribution in [3.8, 4) is 0 Å². The van der Waals surface area contributed by atoms with Crippen molar-refractivity contribution in [2.75, 3.05) is 26.2 Å². The van der Waals surface area contributed by atoms with Gasteiger partial charge >= 0.3 is 0 Å². The third-order valence-electron chi connectivity index (χ3n) is 3.58. The average molecular weight is 242 g/mol. The minimum atomic E-state index is 0.237. The minimum Gasteiger partial charge on any atom is -0.374 e. The van der Waals surface area contributed by atoms with Crippen LogP contribution in [-0.4, -0.2) is 49.3 Å².